The molecule has 23 heavy (non-hydrogen) atoms. The second kappa shape index (κ2) is 11.7. The number of hydrogen-bond donors (Lipinski definition) is 2. The average molecular weight is 430 g/mol. The van der Waals surface area contributed by atoms with Crippen molar-refractivity contribution in [3.05, 3.63) is 35.4 Å². The number of benzene rings is 1. The maximum atomic E-state index is 4.28. The van der Waals surface area contributed by atoms with Gasteiger partial charge in [0.15, 0.2) is 5.96 Å². The van der Waals surface area contributed by atoms with Gasteiger partial charge in [-0.3, -0.25) is 9.89 Å². The fourth-order valence-electron chi connectivity index (χ4n) is 2.88. The van der Waals surface area contributed by atoms with E-state index < -0.39 is 0 Å². The first-order chi connectivity index (χ1) is 10.8. The minimum absolute atomic E-state index is 0. The van der Waals surface area contributed by atoms with Gasteiger partial charge in [0.2, 0.25) is 0 Å². The number of nitrogens with zero attached hydrogens (tertiary/aromatic N) is 2. The van der Waals surface area contributed by atoms with Gasteiger partial charge in [0, 0.05) is 39.8 Å². The van der Waals surface area contributed by atoms with Crippen LogP contribution in [0.15, 0.2) is 29.3 Å². The van der Waals surface area contributed by atoms with Gasteiger partial charge in [-0.15, -0.1) is 24.0 Å². The Hall–Kier alpha value is -0.820. The van der Waals surface area contributed by atoms with E-state index in [4.69, 9.17) is 0 Å². The number of rotatable bonds is 7. The van der Waals surface area contributed by atoms with Crippen LogP contribution in [-0.4, -0.2) is 44.1 Å². The summed E-state index contributed by atoms with van der Waals surface area (Å²) in [5, 5.41) is 6.79. The summed E-state index contributed by atoms with van der Waals surface area (Å²) >= 11 is 0. The molecule has 0 unspecified atom stereocenters. The number of halogens is 1. The first-order valence-electron chi connectivity index (χ1n) is 8.57. The maximum Gasteiger partial charge on any atom is 0.191 e. The van der Waals surface area contributed by atoms with Crippen LogP contribution in [0.4, 0.5) is 0 Å². The van der Waals surface area contributed by atoms with Crippen molar-refractivity contribution in [1.29, 1.82) is 0 Å². The SMILES string of the molecule is CCCCCNC(=NC)NCCN1CCc2ccccc2C1.I. The van der Waals surface area contributed by atoms with Gasteiger partial charge < -0.3 is 10.6 Å². The molecule has 1 aliphatic heterocycles. The molecule has 2 rings (SSSR count). The molecule has 0 aliphatic carbocycles. The number of nitrogens with one attached hydrogen (secondary N) is 2. The lowest BCUT2D eigenvalue weighted by molar-refractivity contribution is 0.258. The van der Waals surface area contributed by atoms with Gasteiger partial charge in [-0.25, -0.2) is 0 Å². The van der Waals surface area contributed by atoms with E-state index in [9.17, 15) is 0 Å². The minimum Gasteiger partial charge on any atom is -0.356 e. The quantitative estimate of drug-likeness (QED) is 0.303. The average Bonchev–Trinajstić information content (AvgIpc) is 2.57. The molecule has 2 N–H and O–H groups in total. The fourth-order valence-corrected chi connectivity index (χ4v) is 2.88. The number of aliphatic imine (C=N–C) groups is 1. The highest BCUT2D eigenvalue weighted by molar-refractivity contribution is 14.0. The smallest absolute Gasteiger partial charge is 0.191 e. The Morgan fingerprint density at radius 1 is 1.13 bits per heavy atom. The van der Waals surface area contributed by atoms with E-state index in [2.05, 4.69) is 51.7 Å². The van der Waals surface area contributed by atoms with Crippen molar-refractivity contribution in [2.45, 2.75) is 39.2 Å². The molecule has 0 spiro atoms. The van der Waals surface area contributed by atoms with E-state index in [0.717, 1.165) is 38.7 Å². The van der Waals surface area contributed by atoms with Crippen LogP contribution >= 0.6 is 24.0 Å². The van der Waals surface area contributed by atoms with Crippen LogP contribution in [0.25, 0.3) is 0 Å². The topological polar surface area (TPSA) is 39.7 Å². The molecule has 0 saturated heterocycles. The molecular weight excluding hydrogens is 399 g/mol. The molecular formula is C18H31IN4. The van der Waals surface area contributed by atoms with Crippen molar-refractivity contribution in [2.24, 2.45) is 4.99 Å². The second-order valence-electron chi connectivity index (χ2n) is 5.93. The lowest BCUT2D eigenvalue weighted by Crippen LogP contribution is -2.42. The van der Waals surface area contributed by atoms with Gasteiger partial charge in [-0.2, -0.15) is 0 Å². The molecule has 0 radical (unpaired) electrons. The predicted octanol–water partition coefficient (Wildman–Crippen LogP) is 3.02. The van der Waals surface area contributed by atoms with Crippen molar-refractivity contribution in [1.82, 2.24) is 15.5 Å². The van der Waals surface area contributed by atoms with Gasteiger partial charge in [0.25, 0.3) is 0 Å². The van der Waals surface area contributed by atoms with E-state index in [1.807, 2.05) is 7.05 Å². The third-order valence-electron chi connectivity index (χ3n) is 4.23. The Morgan fingerprint density at radius 3 is 2.61 bits per heavy atom. The van der Waals surface area contributed by atoms with Gasteiger partial charge >= 0.3 is 0 Å². The molecule has 1 aliphatic rings. The van der Waals surface area contributed by atoms with Gasteiger partial charge in [0.05, 0.1) is 0 Å². The van der Waals surface area contributed by atoms with Crippen molar-refractivity contribution in [2.75, 3.05) is 33.2 Å². The zero-order valence-electron chi connectivity index (χ0n) is 14.5. The van der Waals surface area contributed by atoms with E-state index in [-0.39, 0.29) is 24.0 Å². The third-order valence-corrected chi connectivity index (χ3v) is 4.23. The molecule has 4 nitrogen and oxygen atoms in total. The van der Waals surface area contributed by atoms with Gasteiger partial charge in [0.1, 0.15) is 0 Å². The first-order valence-corrected chi connectivity index (χ1v) is 8.57. The molecule has 0 fully saturated rings. The van der Waals surface area contributed by atoms with E-state index in [1.165, 1.54) is 36.8 Å². The molecule has 0 bridgehead atoms. The summed E-state index contributed by atoms with van der Waals surface area (Å²) in [4.78, 5) is 6.79. The predicted molar refractivity (Wildman–Crippen MR) is 110 cm³/mol. The Balaban J connectivity index is 0.00000264. The highest BCUT2D eigenvalue weighted by atomic mass is 127. The third kappa shape index (κ3) is 7.08. The number of hydrogen-bond acceptors (Lipinski definition) is 2. The zero-order chi connectivity index (χ0) is 15.6. The summed E-state index contributed by atoms with van der Waals surface area (Å²) in [5.41, 5.74) is 3.00. The van der Waals surface area contributed by atoms with E-state index in [1.54, 1.807) is 0 Å². The summed E-state index contributed by atoms with van der Waals surface area (Å²) in [5.74, 6) is 0.925. The Kier molecular flexibility index (Phi) is 10.3. The lowest BCUT2D eigenvalue weighted by atomic mass is 10.00. The van der Waals surface area contributed by atoms with Crippen molar-refractivity contribution in [3.63, 3.8) is 0 Å². The Bertz CT molecular complexity index is 476. The standard InChI is InChI=1S/C18H30N4.HI/c1-3-4-7-11-20-18(19-2)21-12-14-22-13-10-16-8-5-6-9-17(16)15-22;/h5-6,8-9H,3-4,7,10-15H2,1-2H3,(H2,19,20,21);1H. The molecule has 1 aromatic rings. The second-order valence-corrected chi connectivity index (χ2v) is 5.93. The lowest BCUT2D eigenvalue weighted by Gasteiger charge is -2.28. The fraction of sp³-hybridized carbons (Fsp3) is 0.611. The maximum absolute atomic E-state index is 4.28. The molecule has 0 aromatic heterocycles. The minimum atomic E-state index is 0. The van der Waals surface area contributed by atoms with Gasteiger partial charge in [-0.1, -0.05) is 44.0 Å². The summed E-state index contributed by atoms with van der Waals surface area (Å²) in [6.07, 6.45) is 4.90. The summed E-state index contributed by atoms with van der Waals surface area (Å²) in [6, 6.07) is 8.79. The molecule has 0 amide bonds. The first kappa shape index (κ1) is 20.2. The highest BCUT2D eigenvalue weighted by Crippen LogP contribution is 2.17. The molecule has 0 saturated carbocycles. The van der Waals surface area contributed by atoms with Gasteiger partial charge in [-0.05, 0) is 24.0 Å². The van der Waals surface area contributed by atoms with Crippen molar-refractivity contribution >= 4 is 29.9 Å². The van der Waals surface area contributed by atoms with Crippen molar-refractivity contribution in [3.8, 4) is 0 Å². The summed E-state index contributed by atoms with van der Waals surface area (Å²) < 4.78 is 0. The summed E-state index contributed by atoms with van der Waals surface area (Å²) in [6.45, 7) is 7.45. The number of fused-ring (bicyclic) bond motifs is 1. The van der Waals surface area contributed by atoms with Crippen LogP contribution < -0.4 is 10.6 Å². The highest BCUT2D eigenvalue weighted by Gasteiger charge is 2.14. The van der Waals surface area contributed by atoms with Crippen LogP contribution in [0, 0.1) is 0 Å². The largest absolute Gasteiger partial charge is 0.356 e. The monoisotopic (exact) mass is 430 g/mol. The normalized spacial score (nSPS) is 14.8. The Morgan fingerprint density at radius 2 is 1.87 bits per heavy atom. The van der Waals surface area contributed by atoms with Crippen LogP contribution in [-0.2, 0) is 13.0 Å². The molecule has 1 heterocycles. The van der Waals surface area contributed by atoms with Crippen LogP contribution in [0.3, 0.4) is 0 Å². The zero-order valence-corrected chi connectivity index (χ0v) is 16.8. The van der Waals surface area contributed by atoms with Crippen LogP contribution in [0.5, 0.6) is 0 Å². The van der Waals surface area contributed by atoms with Crippen LogP contribution in [0.2, 0.25) is 0 Å². The molecule has 5 heteroatoms. The molecule has 0 atom stereocenters. The van der Waals surface area contributed by atoms with E-state index in [0.29, 0.717) is 0 Å². The number of guanidine groups is 1. The van der Waals surface area contributed by atoms with Crippen LogP contribution in [0.1, 0.15) is 37.3 Å². The van der Waals surface area contributed by atoms with E-state index >= 15 is 0 Å². The van der Waals surface area contributed by atoms with Crippen molar-refractivity contribution < 1.29 is 0 Å². The Labute approximate surface area is 158 Å². The summed E-state index contributed by atoms with van der Waals surface area (Å²) in [7, 11) is 1.84. The number of unbranched alkanes of at least 4 members (excludes halogenated alkanes) is 2. The molecule has 130 valence electrons. The molecule has 1 aromatic carbocycles.